The molecule has 0 aliphatic rings. The molecule has 0 spiro atoms. The van der Waals surface area contributed by atoms with E-state index in [0.717, 1.165) is 4.70 Å². The highest BCUT2D eigenvalue weighted by Gasteiger charge is 2.17. The van der Waals surface area contributed by atoms with Gasteiger partial charge in [0.05, 0.1) is 22.2 Å². The fourth-order valence-electron chi connectivity index (χ4n) is 2.01. The summed E-state index contributed by atoms with van der Waals surface area (Å²) < 4.78 is 5.96. The SMILES string of the molecule is COc1ccc2nc(C(=O)c3cccc([N+](=O)[O-])c3)sc2c1. The number of nitrogens with zero attached hydrogens (tertiary/aromatic N) is 2. The van der Waals surface area contributed by atoms with Crippen LogP contribution in [0, 0.1) is 10.1 Å². The van der Waals surface area contributed by atoms with E-state index in [1.54, 1.807) is 31.4 Å². The highest BCUT2D eigenvalue weighted by molar-refractivity contribution is 7.20. The van der Waals surface area contributed by atoms with Gasteiger partial charge >= 0.3 is 0 Å². The number of nitro groups is 1. The van der Waals surface area contributed by atoms with Crippen molar-refractivity contribution in [1.29, 1.82) is 0 Å². The van der Waals surface area contributed by atoms with Gasteiger partial charge in [0.25, 0.3) is 5.69 Å². The summed E-state index contributed by atoms with van der Waals surface area (Å²) in [4.78, 5) is 27.0. The predicted octanol–water partition coefficient (Wildman–Crippen LogP) is 3.44. The summed E-state index contributed by atoms with van der Waals surface area (Å²) >= 11 is 1.23. The number of hydrogen-bond acceptors (Lipinski definition) is 6. The van der Waals surface area contributed by atoms with E-state index in [4.69, 9.17) is 4.74 Å². The number of thiazole rings is 1. The number of carbonyl (C=O) groups excluding carboxylic acids is 1. The van der Waals surface area contributed by atoms with E-state index < -0.39 is 4.92 Å². The standard InChI is InChI=1S/C15H10N2O4S/c1-21-11-5-6-12-13(8-11)22-15(16-12)14(18)9-3-2-4-10(7-9)17(19)20/h2-8H,1H3. The van der Waals surface area contributed by atoms with Crippen molar-refractivity contribution >= 4 is 33.0 Å². The second kappa shape index (κ2) is 5.53. The van der Waals surface area contributed by atoms with Gasteiger partial charge in [-0.15, -0.1) is 11.3 Å². The van der Waals surface area contributed by atoms with Gasteiger partial charge in [0.15, 0.2) is 5.01 Å². The van der Waals surface area contributed by atoms with Crippen LogP contribution in [0.5, 0.6) is 5.75 Å². The first-order valence-electron chi connectivity index (χ1n) is 6.32. The Morgan fingerprint density at radius 1 is 1.27 bits per heavy atom. The lowest BCUT2D eigenvalue weighted by molar-refractivity contribution is -0.384. The summed E-state index contributed by atoms with van der Waals surface area (Å²) in [5.74, 6) is 0.356. The number of ketones is 1. The molecule has 0 saturated carbocycles. The molecular formula is C15H10N2O4S. The molecule has 0 radical (unpaired) electrons. The van der Waals surface area contributed by atoms with Crippen molar-refractivity contribution in [3.8, 4) is 5.75 Å². The molecule has 0 bridgehead atoms. The van der Waals surface area contributed by atoms with E-state index in [1.165, 1.54) is 29.5 Å². The monoisotopic (exact) mass is 314 g/mol. The van der Waals surface area contributed by atoms with Crippen LogP contribution in [0.2, 0.25) is 0 Å². The molecule has 22 heavy (non-hydrogen) atoms. The molecule has 6 nitrogen and oxygen atoms in total. The summed E-state index contributed by atoms with van der Waals surface area (Å²) in [6, 6.07) is 11.0. The Balaban J connectivity index is 2.01. The van der Waals surface area contributed by atoms with Crippen molar-refractivity contribution in [2.45, 2.75) is 0 Å². The van der Waals surface area contributed by atoms with E-state index >= 15 is 0 Å². The lowest BCUT2D eigenvalue weighted by Gasteiger charge is -1.97. The third-order valence-corrected chi connectivity index (χ3v) is 4.13. The molecule has 3 rings (SSSR count). The molecule has 0 saturated heterocycles. The molecule has 2 aromatic carbocycles. The number of rotatable bonds is 4. The van der Waals surface area contributed by atoms with E-state index in [-0.39, 0.29) is 17.0 Å². The quantitative estimate of drug-likeness (QED) is 0.418. The summed E-state index contributed by atoms with van der Waals surface area (Å²) in [6.07, 6.45) is 0. The van der Waals surface area contributed by atoms with E-state index in [9.17, 15) is 14.9 Å². The van der Waals surface area contributed by atoms with Crippen LogP contribution in [0.25, 0.3) is 10.2 Å². The number of hydrogen-bond donors (Lipinski definition) is 0. The molecule has 0 aliphatic carbocycles. The van der Waals surface area contributed by atoms with Crippen molar-refractivity contribution in [1.82, 2.24) is 4.98 Å². The first kappa shape index (κ1) is 14.2. The molecule has 0 aliphatic heterocycles. The van der Waals surface area contributed by atoms with Crippen molar-refractivity contribution in [3.05, 3.63) is 63.1 Å². The van der Waals surface area contributed by atoms with Gasteiger partial charge in [-0.3, -0.25) is 14.9 Å². The molecule has 1 aromatic heterocycles. The molecule has 3 aromatic rings. The Labute approximate surface area is 129 Å². The molecule has 0 amide bonds. The average Bonchev–Trinajstić information content (AvgIpc) is 2.97. The van der Waals surface area contributed by atoms with Crippen molar-refractivity contribution in [3.63, 3.8) is 0 Å². The van der Waals surface area contributed by atoms with Gasteiger partial charge in [0.2, 0.25) is 5.78 Å². The van der Waals surface area contributed by atoms with Gasteiger partial charge in [-0.1, -0.05) is 12.1 Å². The lowest BCUT2D eigenvalue weighted by Crippen LogP contribution is -2.01. The van der Waals surface area contributed by atoms with Gasteiger partial charge < -0.3 is 4.74 Å². The number of benzene rings is 2. The number of nitro benzene ring substituents is 1. The largest absolute Gasteiger partial charge is 0.497 e. The molecule has 110 valence electrons. The average molecular weight is 314 g/mol. The molecule has 0 fully saturated rings. The topological polar surface area (TPSA) is 82.3 Å². The zero-order valence-corrected chi connectivity index (χ0v) is 12.3. The third kappa shape index (κ3) is 2.53. The Kier molecular flexibility index (Phi) is 3.56. The maximum Gasteiger partial charge on any atom is 0.270 e. The number of aromatic nitrogens is 1. The fraction of sp³-hybridized carbons (Fsp3) is 0.0667. The first-order chi connectivity index (χ1) is 10.6. The van der Waals surface area contributed by atoms with Crippen LogP contribution in [0.4, 0.5) is 5.69 Å². The fourth-order valence-corrected chi connectivity index (χ4v) is 2.97. The molecule has 1 heterocycles. The maximum atomic E-state index is 12.4. The number of fused-ring (bicyclic) bond motifs is 1. The summed E-state index contributed by atoms with van der Waals surface area (Å²) in [6.45, 7) is 0. The minimum atomic E-state index is -0.528. The molecular weight excluding hydrogens is 304 g/mol. The Bertz CT molecular complexity index is 888. The van der Waals surface area contributed by atoms with E-state index in [0.29, 0.717) is 16.3 Å². The molecule has 0 N–H and O–H groups in total. The van der Waals surface area contributed by atoms with Crippen LogP contribution >= 0.6 is 11.3 Å². The Morgan fingerprint density at radius 2 is 2.09 bits per heavy atom. The summed E-state index contributed by atoms with van der Waals surface area (Å²) in [5.41, 5.74) is 0.827. The summed E-state index contributed by atoms with van der Waals surface area (Å²) in [7, 11) is 1.57. The smallest absolute Gasteiger partial charge is 0.270 e. The molecule has 0 unspecified atom stereocenters. The van der Waals surface area contributed by atoms with Crippen molar-refractivity contribution in [2.24, 2.45) is 0 Å². The normalized spacial score (nSPS) is 10.6. The minimum Gasteiger partial charge on any atom is -0.497 e. The van der Waals surface area contributed by atoms with Crippen molar-refractivity contribution in [2.75, 3.05) is 7.11 Å². The van der Waals surface area contributed by atoms with Crippen LogP contribution in [0.15, 0.2) is 42.5 Å². The highest BCUT2D eigenvalue weighted by Crippen LogP contribution is 2.28. The van der Waals surface area contributed by atoms with Crippen LogP contribution < -0.4 is 4.74 Å². The predicted molar refractivity (Wildman–Crippen MR) is 82.7 cm³/mol. The maximum absolute atomic E-state index is 12.4. The lowest BCUT2D eigenvalue weighted by atomic mass is 10.1. The Morgan fingerprint density at radius 3 is 2.82 bits per heavy atom. The number of carbonyl (C=O) groups is 1. The van der Waals surface area contributed by atoms with Gasteiger partial charge in [0.1, 0.15) is 5.75 Å². The third-order valence-electron chi connectivity index (χ3n) is 3.11. The first-order valence-corrected chi connectivity index (χ1v) is 7.14. The van der Waals surface area contributed by atoms with Crippen LogP contribution in [0.3, 0.4) is 0 Å². The van der Waals surface area contributed by atoms with Gasteiger partial charge in [0, 0.05) is 17.7 Å². The highest BCUT2D eigenvalue weighted by atomic mass is 32.1. The van der Waals surface area contributed by atoms with Crippen LogP contribution in [-0.2, 0) is 0 Å². The van der Waals surface area contributed by atoms with Gasteiger partial charge in [-0.25, -0.2) is 4.98 Å². The minimum absolute atomic E-state index is 0.117. The van der Waals surface area contributed by atoms with Gasteiger partial charge in [-0.2, -0.15) is 0 Å². The zero-order chi connectivity index (χ0) is 15.7. The zero-order valence-electron chi connectivity index (χ0n) is 11.5. The van der Waals surface area contributed by atoms with Gasteiger partial charge in [-0.05, 0) is 18.2 Å². The second-order valence-corrected chi connectivity index (χ2v) is 5.52. The van der Waals surface area contributed by atoms with Crippen LogP contribution in [0.1, 0.15) is 15.4 Å². The molecule has 0 atom stereocenters. The number of non-ortho nitro benzene ring substituents is 1. The summed E-state index contributed by atoms with van der Waals surface area (Å²) in [5, 5.41) is 11.1. The number of methoxy groups -OCH3 is 1. The molecule has 7 heteroatoms. The van der Waals surface area contributed by atoms with Crippen molar-refractivity contribution < 1.29 is 14.5 Å². The van der Waals surface area contributed by atoms with E-state index in [2.05, 4.69) is 4.98 Å². The second-order valence-electron chi connectivity index (χ2n) is 4.49. The van der Waals surface area contributed by atoms with Crippen LogP contribution in [-0.4, -0.2) is 22.8 Å². The van der Waals surface area contributed by atoms with E-state index in [1.807, 2.05) is 0 Å². The Hall–Kier alpha value is -2.80. The number of ether oxygens (including phenoxy) is 1.